The first-order valence-electron chi connectivity index (χ1n) is 5.82. The standard InChI is InChI=1S/C12H14N4OS/c1-7-10(13)11(15-14-7)12(17)16-4-2-9-8(6-16)3-5-18-9/h3,5H,2,4,6,13H2,1H3,(H,14,15). The Bertz CT molecular complexity index is 601. The molecule has 5 nitrogen and oxygen atoms in total. The van der Waals surface area contributed by atoms with Gasteiger partial charge in [-0.25, -0.2) is 0 Å². The van der Waals surface area contributed by atoms with Gasteiger partial charge in [0, 0.05) is 18.0 Å². The van der Waals surface area contributed by atoms with Crippen LogP contribution in [0.1, 0.15) is 26.6 Å². The number of nitrogens with one attached hydrogen (secondary N) is 1. The summed E-state index contributed by atoms with van der Waals surface area (Å²) >= 11 is 1.76. The van der Waals surface area contributed by atoms with Crippen molar-refractivity contribution in [1.82, 2.24) is 15.1 Å². The number of rotatable bonds is 1. The maximum atomic E-state index is 12.3. The molecular weight excluding hydrogens is 248 g/mol. The van der Waals surface area contributed by atoms with Crippen LogP contribution < -0.4 is 5.73 Å². The number of hydrogen-bond donors (Lipinski definition) is 2. The lowest BCUT2D eigenvalue weighted by atomic mass is 10.1. The third-order valence-corrected chi connectivity index (χ3v) is 4.31. The fraction of sp³-hybridized carbons (Fsp3) is 0.333. The molecule has 0 fully saturated rings. The minimum absolute atomic E-state index is 0.0892. The van der Waals surface area contributed by atoms with Crippen LogP contribution >= 0.6 is 11.3 Å². The number of thiophene rings is 1. The Hall–Kier alpha value is -1.82. The van der Waals surface area contributed by atoms with Gasteiger partial charge in [-0.1, -0.05) is 0 Å². The molecule has 0 saturated carbocycles. The summed E-state index contributed by atoms with van der Waals surface area (Å²) < 4.78 is 0. The minimum atomic E-state index is -0.0892. The molecule has 6 heteroatoms. The first kappa shape index (κ1) is 11.3. The molecule has 0 atom stereocenters. The Labute approximate surface area is 109 Å². The largest absolute Gasteiger partial charge is 0.395 e. The lowest BCUT2D eigenvalue weighted by Crippen LogP contribution is -2.35. The molecule has 3 rings (SSSR count). The minimum Gasteiger partial charge on any atom is -0.395 e. The summed E-state index contributed by atoms with van der Waals surface area (Å²) in [4.78, 5) is 15.5. The lowest BCUT2D eigenvalue weighted by molar-refractivity contribution is 0.0731. The number of nitrogens with zero attached hydrogens (tertiary/aromatic N) is 2. The van der Waals surface area contributed by atoms with Crippen LogP contribution in [0.25, 0.3) is 0 Å². The maximum absolute atomic E-state index is 12.3. The second kappa shape index (κ2) is 4.13. The third kappa shape index (κ3) is 1.69. The van der Waals surface area contributed by atoms with Crippen molar-refractivity contribution in [1.29, 1.82) is 0 Å². The molecule has 1 aliphatic heterocycles. The van der Waals surface area contributed by atoms with Crippen LogP contribution in [-0.2, 0) is 13.0 Å². The normalized spacial score (nSPS) is 14.6. The average Bonchev–Trinajstić information content (AvgIpc) is 2.96. The van der Waals surface area contributed by atoms with Crippen molar-refractivity contribution in [2.24, 2.45) is 0 Å². The zero-order chi connectivity index (χ0) is 12.7. The van der Waals surface area contributed by atoms with Crippen LogP contribution in [0, 0.1) is 6.92 Å². The smallest absolute Gasteiger partial charge is 0.276 e. The Morgan fingerprint density at radius 1 is 1.61 bits per heavy atom. The van der Waals surface area contributed by atoms with Gasteiger partial charge in [0.1, 0.15) is 0 Å². The van der Waals surface area contributed by atoms with Gasteiger partial charge in [0.05, 0.1) is 11.4 Å². The SMILES string of the molecule is Cc1[nH]nc(C(=O)N2CCc3sccc3C2)c1N. The quantitative estimate of drug-likeness (QED) is 0.819. The zero-order valence-electron chi connectivity index (χ0n) is 10.1. The number of fused-ring (bicyclic) bond motifs is 1. The molecule has 3 heterocycles. The van der Waals surface area contributed by atoms with Crippen LogP contribution in [0.15, 0.2) is 11.4 Å². The number of amides is 1. The van der Waals surface area contributed by atoms with E-state index in [-0.39, 0.29) is 5.91 Å². The van der Waals surface area contributed by atoms with E-state index in [0.29, 0.717) is 17.9 Å². The molecule has 0 aliphatic carbocycles. The molecule has 18 heavy (non-hydrogen) atoms. The Balaban J connectivity index is 1.85. The molecule has 0 aromatic carbocycles. The highest BCUT2D eigenvalue weighted by molar-refractivity contribution is 7.10. The molecule has 0 saturated heterocycles. The summed E-state index contributed by atoms with van der Waals surface area (Å²) in [6.45, 7) is 3.20. The Morgan fingerprint density at radius 3 is 3.17 bits per heavy atom. The van der Waals surface area contributed by atoms with Gasteiger partial charge in [-0.15, -0.1) is 11.3 Å². The first-order chi connectivity index (χ1) is 8.66. The van der Waals surface area contributed by atoms with E-state index in [1.165, 1.54) is 10.4 Å². The van der Waals surface area contributed by atoms with Gasteiger partial charge in [-0.2, -0.15) is 5.10 Å². The maximum Gasteiger partial charge on any atom is 0.276 e. The predicted molar refractivity (Wildman–Crippen MR) is 70.5 cm³/mol. The fourth-order valence-electron chi connectivity index (χ4n) is 2.17. The van der Waals surface area contributed by atoms with Gasteiger partial charge in [0.25, 0.3) is 5.91 Å². The Kier molecular flexibility index (Phi) is 2.59. The van der Waals surface area contributed by atoms with Gasteiger partial charge < -0.3 is 10.6 Å². The molecule has 0 unspecified atom stereocenters. The fourth-order valence-corrected chi connectivity index (χ4v) is 3.06. The van der Waals surface area contributed by atoms with E-state index < -0.39 is 0 Å². The van der Waals surface area contributed by atoms with E-state index in [1.54, 1.807) is 16.2 Å². The van der Waals surface area contributed by atoms with Crippen molar-refractivity contribution < 1.29 is 4.79 Å². The van der Waals surface area contributed by atoms with E-state index in [1.807, 2.05) is 6.92 Å². The van der Waals surface area contributed by atoms with Gasteiger partial charge in [-0.3, -0.25) is 9.89 Å². The number of carbonyl (C=O) groups is 1. The summed E-state index contributed by atoms with van der Waals surface area (Å²) in [5.74, 6) is -0.0892. The van der Waals surface area contributed by atoms with E-state index in [4.69, 9.17) is 5.73 Å². The number of aryl methyl sites for hydroxylation is 1. The second-order valence-corrected chi connectivity index (χ2v) is 5.46. The third-order valence-electron chi connectivity index (χ3n) is 3.29. The van der Waals surface area contributed by atoms with Crippen LogP contribution in [-0.4, -0.2) is 27.5 Å². The summed E-state index contributed by atoms with van der Waals surface area (Å²) in [6.07, 6.45) is 0.919. The van der Waals surface area contributed by atoms with E-state index in [0.717, 1.165) is 18.7 Å². The molecule has 0 spiro atoms. The number of carbonyl (C=O) groups excluding carboxylic acids is 1. The van der Waals surface area contributed by atoms with E-state index in [9.17, 15) is 4.79 Å². The topological polar surface area (TPSA) is 75.0 Å². The molecule has 94 valence electrons. The molecule has 2 aromatic rings. The van der Waals surface area contributed by atoms with Crippen LogP contribution in [0.2, 0.25) is 0 Å². The van der Waals surface area contributed by atoms with Crippen molar-refractivity contribution in [3.63, 3.8) is 0 Å². The number of nitrogen functional groups attached to an aromatic ring is 1. The van der Waals surface area contributed by atoms with Gasteiger partial charge in [-0.05, 0) is 30.4 Å². The number of H-pyrrole nitrogens is 1. The molecule has 2 aromatic heterocycles. The summed E-state index contributed by atoms with van der Waals surface area (Å²) in [7, 11) is 0. The van der Waals surface area contributed by atoms with Crippen molar-refractivity contribution >= 4 is 22.9 Å². The second-order valence-electron chi connectivity index (χ2n) is 4.46. The van der Waals surface area contributed by atoms with Gasteiger partial charge >= 0.3 is 0 Å². The van der Waals surface area contributed by atoms with Gasteiger partial charge in [0.15, 0.2) is 5.69 Å². The van der Waals surface area contributed by atoms with Crippen molar-refractivity contribution in [3.8, 4) is 0 Å². The highest BCUT2D eigenvalue weighted by atomic mass is 32.1. The number of aromatic amines is 1. The number of anilines is 1. The molecule has 3 N–H and O–H groups in total. The van der Waals surface area contributed by atoms with Crippen LogP contribution in [0.5, 0.6) is 0 Å². The molecule has 0 bridgehead atoms. The molecule has 1 aliphatic rings. The number of nitrogens with two attached hydrogens (primary N) is 1. The van der Waals surface area contributed by atoms with Crippen molar-refractivity contribution in [3.05, 3.63) is 33.3 Å². The highest BCUT2D eigenvalue weighted by Gasteiger charge is 2.25. The lowest BCUT2D eigenvalue weighted by Gasteiger charge is -2.26. The van der Waals surface area contributed by atoms with E-state index in [2.05, 4.69) is 21.6 Å². The van der Waals surface area contributed by atoms with E-state index >= 15 is 0 Å². The zero-order valence-corrected chi connectivity index (χ0v) is 10.9. The van der Waals surface area contributed by atoms with Crippen LogP contribution in [0.3, 0.4) is 0 Å². The first-order valence-corrected chi connectivity index (χ1v) is 6.69. The summed E-state index contributed by atoms with van der Waals surface area (Å²) in [5.41, 5.74) is 8.62. The highest BCUT2D eigenvalue weighted by Crippen LogP contribution is 2.25. The van der Waals surface area contributed by atoms with Crippen molar-refractivity contribution in [2.45, 2.75) is 19.9 Å². The van der Waals surface area contributed by atoms with Crippen molar-refractivity contribution in [2.75, 3.05) is 12.3 Å². The van der Waals surface area contributed by atoms with Gasteiger partial charge in [0.2, 0.25) is 0 Å². The summed E-state index contributed by atoms with van der Waals surface area (Å²) in [5, 5.41) is 8.82. The molecule has 0 radical (unpaired) electrons. The molecule has 1 amide bonds. The monoisotopic (exact) mass is 262 g/mol. The molecular formula is C12H14N4OS. The summed E-state index contributed by atoms with van der Waals surface area (Å²) in [6, 6.07) is 2.08. The number of hydrogen-bond acceptors (Lipinski definition) is 4. The Morgan fingerprint density at radius 2 is 2.44 bits per heavy atom. The predicted octanol–water partition coefficient (Wildman–Crippen LogP) is 1.56. The average molecular weight is 262 g/mol. The number of aromatic nitrogens is 2. The van der Waals surface area contributed by atoms with Crippen LogP contribution in [0.4, 0.5) is 5.69 Å².